The van der Waals surface area contributed by atoms with E-state index in [1.165, 1.54) is 11.9 Å². The maximum atomic E-state index is 6.07. The summed E-state index contributed by atoms with van der Waals surface area (Å²) in [4.78, 5) is 1.12. The highest BCUT2D eigenvalue weighted by Gasteiger charge is 2.17. The lowest BCUT2D eigenvalue weighted by molar-refractivity contribution is 1.25. The molecule has 13 heavy (non-hydrogen) atoms. The summed E-state index contributed by atoms with van der Waals surface area (Å²) in [7, 11) is 0. The average Bonchev–Trinajstić information content (AvgIpc) is 2.12. The molecular weight excluding hydrogens is 225 g/mol. The fourth-order valence-electron chi connectivity index (χ4n) is 1.26. The first-order valence-electron chi connectivity index (χ1n) is 3.78. The van der Waals surface area contributed by atoms with Gasteiger partial charge in [-0.05, 0) is 30.5 Å². The van der Waals surface area contributed by atoms with Gasteiger partial charge in [-0.2, -0.15) is 0 Å². The van der Waals surface area contributed by atoms with E-state index in [-0.39, 0.29) is 0 Å². The van der Waals surface area contributed by atoms with E-state index in [9.17, 15) is 0 Å². The molecule has 1 N–H and O–H groups in total. The maximum absolute atomic E-state index is 6.07. The van der Waals surface area contributed by atoms with Crippen LogP contribution in [0.4, 0.5) is 0 Å². The van der Waals surface area contributed by atoms with Gasteiger partial charge in [0.1, 0.15) is 5.16 Å². The SMILES string of the molecule is Cc1cccc2c1C(Cl)=C(Cl)NS2. The van der Waals surface area contributed by atoms with Crippen LogP contribution in [0.1, 0.15) is 11.1 Å². The van der Waals surface area contributed by atoms with E-state index in [2.05, 4.69) is 4.72 Å². The first kappa shape index (κ1) is 9.25. The second-order valence-electron chi connectivity index (χ2n) is 2.78. The quantitative estimate of drug-likeness (QED) is 0.540. The largest absolute Gasteiger partial charge is 0.315 e. The lowest BCUT2D eigenvalue weighted by Gasteiger charge is -2.18. The number of rotatable bonds is 0. The Kier molecular flexibility index (Phi) is 2.45. The zero-order chi connectivity index (χ0) is 9.42. The molecule has 0 fully saturated rings. The van der Waals surface area contributed by atoms with Gasteiger partial charge in [0.05, 0.1) is 5.03 Å². The summed E-state index contributed by atoms with van der Waals surface area (Å²) in [6, 6.07) is 6.05. The molecule has 0 aliphatic carbocycles. The van der Waals surface area contributed by atoms with Gasteiger partial charge in [-0.1, -0.05) is 35.3 Å². The van der Waals surface area contributed by atoms with E-state index >= 15 is 0 Å². The fourth-order valence-corrected chi connectivity index (χ4v) is 2.70. The van der Waals surface area contributed by atoms with Crippen molar-refractivity contribution in [3.8, 4) is 0 Å². The van der Waals surface area contributed by atoms with Crippen LogP contribution in [-0.2, 0) is 0 Å². The third-order valence-electron chi connectivity index (χ3n) is 1.90. The summed E-state index contributed by atoms with van der Waals surface area (Å²) in [5.41, 5.74) is 2.19. The third-order valence-corrected chi connectivity index (χ3v) is 3.63. The standard InChI is InChI=1S/C9H7Cl2NS/c1-5-3-2-4-6-7(5)8(10)9(11)12-13-6/h2-4,12H,1H3. The molecule has 1 aromatic rings. The highest BCUT2D eigenvalue weighted by molar-refractivity contribution is 7.97. The maximum Gasteiger partial charge on any atom is 0.131 e. The number of hydrogen-bond donors (Lipinski definition) is 1. The highest BCUT2D eigenvalue weighted by atomic mass is 35.5. The number of fused-ring (bicyclic) bond motifs is 1. The van der Waals surface area contributed by atoms with Crippen molar-refractivity contribution in [3.05, 3.63) is 34.5 Å². The van der Waals surface area contributed by atoms with Crippen molar-refractivity contribution in [2.75, 3.05) is 0 Å². The van der Waals surface area contributed by atoms with Crippen LogP contribution in [0.2, 0.25) is 0 Å². The molecule has 2 rings (SSSR count). The van der Waals surface area contributed by atoms with Crippen LogP contribution in [-0.4, -0.2) is 0 Å². The van der Waals surface area contributed by atoms with Crippen molar-refractivity contribution in [2.45, 2.75) is 11.8 Å². The highest BCUT2D eigenvalue weighted by Crippen LogP contribution is 2.38. The molecule has 1 aliphatic heterocycles. The van der Waals surface area contributed by atoms with Crippen LogP contribution in [0.3, 0.4) is 0 Å². The molecule has 0 saturated heterocycles. The molecule has 0 amide bonds. The Labute approximate surface area is 91.2 Å². The van der Waals surface area contributed by atoms with E-state index in [4.69, 9.17) is 23.2 Å². The van der Waals surface area contributed by atoms with Gasteiger partial charge in [0, 0.05) is 10.5 Å². The van der Waals surface area contributed by atoms with Crippen LogP contribution >= 0.6 is 35.1 Å². The van der Waals surface area contributed by atoms with Gasteiger partial charge in [-0.3, -0.25) is 0 Å². The molecule has 1 heterocycles. The van der Waals surface area contributed by atoms with Crippen LogP contribution in [0.15, 0.2) is 28.3 Å². The topological polar surface area (TPSA) is 12.0 Å². The van der Waals surface area contributed by atoms with E-state index in [0.29, 0.717) is 10.2 Å². The van der Waals surface area contributed by atoms with E-state index in [1.54, 1.807) is 0 Å². The molecular formula is C9H7Cl2NS. The van der Waals surface area contributed by atoms with Gasteiger partial charge in [-0.25, -0.2) is 0 Å². The summed E-state index contributed by atoms with van der Waals surface area (Å²) < 4.78 is 2.94. The Morgan fingerprint density at radius 1 is 1.31 bits per heavy atom. The van der Waals surface area contributed by atoms with Crippen LogP contribution in [0, 0.1) is 6.92 Å². The Balaban J connectivity index is 2.67. The molecule has 1 aromatic carbocycles. The number of benzene rings is 1. The van der Waals surface area contributed by atoms with Gasteiger partial charge >= 0.3 is 0 Å². The molecule has 68 valence electrons. The smallest absolute Gasteiger partial charge is 0.131 e. The van der Waals surface area contributed by atoms with Crippen LogP contribution in [0.25, 0.3) is 5.03 Å². The third kappa shape index (κ3) is 1.54. The van der Waals surface area contributed by atoms with Gasteiger partial charge in [-0.15, -0.1) is 0 Å². The first-order valence-corrected chi connectivity index (χ1v) is 5.35. The summed E-state index contributed by atoms with van der Waals surface area (Å²) >= 11 is 13.4. The van der Waals surface area contributed by atoms with Gasteiger partial charge in [0.25, 0.3) is 0 Å². The van der Waals surface area contributed by atoms with E-state index < -0.39 is 0 Å². The van der Waals surface area contributed by atoms with Crippen molar-refractivity contribution < 1.29 is 0 Å². The lowest BCUT2D eigenvalue weighted by atomic mass is 10.1. The van der Waals surface area contributed by atoms with Gasteiger partial charge in [0.2, 0.25) is 0 Å². The second-order valence-corrected chi connectivity index (χ2v) is 4.38. The summed E-state index contributed by atoms with van der Waals surface area (Å²) in [6.45, 7) is 2.03. The zero-order valence-electron chi connectivity index (χ0n) is 6.90. The van der Waals surface area contributed by atoms with E-state index in [1.807, 2.05) is 25.1 Å². The van der Waals surface area contributed by atoms with Crippen LogP contribution < -0.4 is 4.72 Å². The van der Waals surface area contributed by atoms with Gasteiger partial charge in [0.15, 0.2) is 0 Å². The Morgan fingerprint density at radius 2 is 2.08 bits per heavy atom. The minimum Gasteiger partial charge on any atom is -0.315 e. The molecule has 0 unspecified atom stereocenters. The normalized spacial score (nSPS) is 15.3. The second kappa shape index (κ2) is 3.45. The number of aryl methyl sites for hydroxylation is 1. The molecule has 0 spiro atoms. The monoisotopic (exact) mass is 231 g/mol. The van der Waals surface area contributed by atoms with Gasteiger partial charge < -0.3 is 4.72 Å². The molecule has 1 nitrogen and oxygen atoms in total. The Hall–Kier alpha value is -0.310. The molecule has 0 atom stereocenters. The van der Waals surface area contributed by atoms with Crippen molar-refractivity contribution in [1.82, 2.24) is 4.72 Å². The molecule has 0 aromatic heterocycles. The summed E-state index contributed by atoms with van der Waals surface area (Å²) in [5, 5.41) is 1.11. The minimum absolute atomic E-state index is 0.508. The molecule has 0 saturated carbocycles. The zero-order valence-corrected chi connectivity index (χ0v) is 9.22. The number of halogens is 2. The molecule has 4 heteroatoms. The molecule has 0 radical (unpaired) electrons. The summed E-state index contributed by atoms with van der Waals surface area (Å²) in [5.74, 6) is 0. The first-order chi connectivity index (χ1) is 6.20. The van der Waals surface area contributed by atoms with Crippen molar-refractivity contribution in [3.63, 3.8) is 0 Å². The number of nitrogens with one attached hydrogen (secondary N) is 1. The summed E-state index contributed by atoms with van der Waals surface area (Å²) in [6.07, 6.45) is 0. The minimum atomic E-state index is 0.508. The predicted octanol–water partition coefficient (Wildman–Crippen LogP) is 3.71. The van der Waals surface area contributed by atoms with Crippen LogP contribution in [0.5, 0.6) is 0 Å². The van der Waals surface area contributed by atoms with Crippen molar-refractivity contribution in [1.29, 1.82) is 0 Å². The molecule has 1 aliphatic rings. The molecule has 0 bridgehead atoms. The van der Waals surface area contributed by atoms with Crippen molar-refractivity contribution >= 4 is 40.2 Å². The van der Waals surface area contributed by atoms with Crippen molar-refractivity contribution in [2.24, 2.45) is 0 Å². The lowest BCUT2D eigenvalue weighted by Crippen LogP contribution is -2.07. The average molecular weight is 232 g/mol. The Bertz CT molecular complexity index is 387. The number of hydrogen-bond acceptors (Lipinski definition) is 2. The Morgan fingerprint density at radius 3 is 2.85 bits per heavy atom. The predicted molar refractivity (Wildman–Crippen MR) is 58.8 cm³/mol. The fraction of sp³-hybridized carbons (Fsp3) is 0.111. The van der Waals surface area contributed by atoms with E-state index in [0.717, 1.165) is 16.0 Å².